The molecule has 2 aromatic carbocycles. The lowest BCUT2D eigenvalue weighted by atomic mass is 10.1. The molecule has 1 heterocycles. The Morgan fingerprint density at radius 3 is 2.52 bits per heavy atom. The van der Waals surface area contributed by atoms with Crippen LogP contribution in [0.15, 0.2) is 48.5 Å². The summed E-state index contributed by atoms with van der Waals surface area (Å²) in [7, 11) is 0. The van der Waals surface area contributed by atoms with Gasteiger partial charge >= 0.3 is 0 Å². The molecule has 0 N–H and O–H groups in total. The number of benzene rings is 2. The topological polar surface area (TPSA) is 63.7 Å². The summed E-state index contributed by atoms with van der Waals surface area (Å²) in [4.78, 5) is 37.7. The summed E-state index contributed by atoms with van der Waals surface area (Å²) in [6, 6.07) is 11.4. The Morgan fingerprint density at radius 1 is 1.09 bits per heavy atom. The zero-order chi connectivity index (χ0) is 16.4. The van der Waals surface area contributed by atoms with Crippen LogP contribution in [0.4, 0.5) is 4.39 Å². The molecule has 23 heavy (non-hydrogen) atoms. The minimum absolute atomic E-state index is 0.227. The van der Waals surface area contributed by atoms with Crippen LogP contribution in [0.2, 0.25) is 0 Å². The molecule has 0 fully saturated rings. The molecule has 116 valence electrons. The second kappa shape index (κ2) is 6.00. The monoisotopic (exact) mass is 313 g/mol. The van der Waals surface area contributed by atoms with E-state index >= 15 is 0 Å². The number of hydrogen-bond donors (Lipinski definition) is 0. The quantitative estimate of drug-likeness (QED) is 0.643. The number of hydrogen-bond acceptors (Lipinski definition) is 4. The first-order chi connectivity index (χ1) is 11.1. The third kappa shape index (κ3) is 2.96. The van der Waals surface area contributed by atoms with Gasteiger partial charge in [-0.3, -0.25) is 19.3 Å². The third-order valence-electron chi connectivity index (χ3n) is 3.48. The van der Waals surface area contributed by atoms with E-state index in [1.54, 1.807) is 18.2 Å². The molecular formula is C17H12FNO4. The number of ketones is 1. The van der Waals surface area contributed by atoms with Crippen LogP contribution in [0.3, 0.4) is 0 Å². The molecule has 0 aliphatic carbocycles. The van der Waals surface area contributed by atoms with Crippen LogP contribution in [0, 0.1) is 5.82 Å². The van der Waals surface area contributed by atoms with Crippen LogP contribution in [0.1, 0.15) is 20.7 Å². The van der Waals surface area contributed by atoms with E-state index in [1.165, 1.54) is 18.2 Å². The average molecular weight is 313 g/mol. The fraction of sp³-hybridized carbons (Fsp3) is 0.118. The van der Waals surface area contributed by atoms with Crippen LogP contribution >= 0.6 is 0 Å². The molecule has 1 aliphatic rings. The maximum Gasteiger partial charge on any atom is 0.267 e. The summed E-state index contributed by atoms with van der Waals surface area (Å²) in [5, 5.41) is 0. The summed E-state index contributed by atoms with van der Waals surface area (Å²) in [5.41, 5.74) is 0.454. The lowest BCUT2D eigenvalue weighted by Crippen LogP contribution is -2.41. The molecule has 0 saturated carbocycles. The van der Waals surface area contributed by atoms with Crippen LogP contribution in [0.25, 0.3) is 0 Å². The first-order valence-corrected chi connectivity index (χ1v) is 6.91. The molecule has 0 radical (unpaired) electrons. The lowest BCUT2D eigenvalue weighted by Gasteiger charge is -2.17. The van der Waals surface area contributed by atoms with Crippen molar-refractivity contribution in [3.05, 3.63) is 65.5 Å². The van der Waals surface area contributed by atoms with Gasteiger partial charge in [0.1, 0.15) is 11.6 Å². The molecule has 1 aliphatic heterocycles. The van der Waals surface area contributed by atoms with Gasteiger partial charge in [0.05, 0.1) is 12.1 Å². The molecule has 0 atom stereocenters. The number of rotatable bonds is 3. The highest BCUT2D eigenvalue weighted by atomic mass is 19.1. The summed E-state index contributed by atoms with van der Waals surface area (Å²) in [6.45, 7) is -0.736. The van der Waals surface area contributed by atoms with E-state index in [9.17, 15) is 18.8 Å². The zero-order valence-electron chi connectivity index (χ0n) is 12.0. The first kappa shape index (κ1) is 14.9. The zero-order valence-corrected chi connectivity index (χ0v) is 12.0. The van der Waals surface area contributed by atoms with Gasteiger partial charge in [0.2, 0.25) is 0 Å². The normalized spacial score (nSPS) is 14.0. The fourth-order valence-electron chi connectivity index (χ4n) is 2.28. The van der Waals surface area contributed by atoms with E-state index < -0.39 is 30.0 Å². The van der Waals surface area contributed by atoms with E-state index in [0.29, 0.717) is 5.75 Å². The number of amides is 2. The number of halogens is 1. The van der Waals surface area contributed by atoms with Crippen molar-refractivity contribution in [2.24, 2.45) is 0 Å². The molecule has 2 amide bonds. The van der Waals surface area contributed by atoms with Gasteiger partial charge in [-0.15, -0.1) is 0 Å². The van der Waals surface area contributed by atoms with Gasteiger partial charge in [-0.1, -0.05) is 12.1 Å². The number of Topliss-reactive ketones (excluding diaryl/α,β-unsaturated/α-hetero) is 1. The number of nitrogens with zero attached hydrogens (tertiary/aromatic N) is 1. The molecule has 2 aromatic rings. The van der Waals surface area contributed by atoms with E-state index in [-0.39, 0.29) is 17.7 Å². The van der Waals surface area contributed by atoms with Gasteiger partial charge in [0, 0.05) is 5.56 Å². The molecule has 0 spiro atoms. The third-order valence-corrected chi connectivity index (χ3v) is 3.48. The number of ether oxygens (including phenoxy) is 1. The summed E-state index contributed by atoms with van der Waals surface area (Å²) in [5.74, 6) is -1.79. The number of imide groups is 1. The van der Waals surface area contributed by atoms with Crippen molar-refractivity contribution in [1.82, 2.24) is 4.90 Å². The van der Waals surface area contributed by atoms with Gasteiger partial charge < -0.3 is 4.74 Å². The predicted octanol–water partition coefficient (Wildman–Crippen LogP) is 2.07. The Bertz CT molecular complexity index is 785. The molecule has 0 aromatic heterocycles. The summed E-state index contributed by atoms with van der Waals surface area (Å²) >= 11 is 0. The Morgan fingerprint density at radius 2 is 1.78 bits per heavy atom. The minimum Gasteiger partial charge on any atom is -0.483 e. The molecule has 3 rings (SSSR count). The van der Waals surface area contributed by atoms with Gasteiger partial charge in [0.15, 0.2) is 12.4 Å². The van der Waals surface area contributed by atoms with Crippen molar-refractivity contribution < 1.29 is 23.5 Å². The predicted molar refractivity (Wildman–Crippen MR) is 78.7 cm³/mol. The van der Waals surface area contributed by atoms with E-state index in [2.05, 4.69) is 0 Å². The second-order valence-electron chi connectivity index (χ2n) is 5.00. The Kier molecular flexibility index (Phi) is 3.89. The van der Waals surface area contributed by atoms with Gasteiger partial charge in [0.25, 0.3) is 11.8 Å². The van der Waals surface area contributed by atoms with Gasteiger partial charge in [-0.2, -0.15) is 0 Å². The van der Waals surface area contributed by atoms with Crippen molar-refractivity contribution in [2.45, 2.75) is 0 Å². The second-order valence-corrected chi connectivity index (χ2v) is 5.00. The number of carbonyl (C=O) groups is 3. The smallest absolute Gasteiger partial charge is 0.267 e. The Hall–Kier alpha value is -3.02. The molecule has 0 unspecified atom stereocenters. The standard InChI is InChI=1S/C17H12FNO4/c18-12-7-5-11(6-8-12)14(20)9-19-16(21)10-23-15-4-2-1-3-13(15)17(19)22/h1-8H,9-10H2. The highest BCUT2D eigenvalue weighted by Crippen LogP contribution is 2.23. The molecule has 5 nitrogen and oxygen atoms in total. The average Bonchev–Trinajstić information content (AvgIpc) is 2.68. The van der Waals surface area contributed by atoms with Crippen molar-refractivity contribution in [3.8, 4) is 5.75 Å². The van der Waals surface area contributed by atoms with Crippen molar-refractivity contribution >= 4 is 17.6 Å². The maximum atomic E-state index is 12.9. The Labute approximate surface area is 131 Å². The van der Waals surface area contributed by atoms with E-state index in [4.69, 9.17) is 4.74 Å². The lowest BCUT2D eigenvalue weighted by molar-refractivity contribution is -0.129. The van der Waals surface area contributed by atoms with Crippen molar-refractivity contribution in [3.63, 3.8) is 0 Å². The largest absolute Gasteiger partial charge is 0.483 e. The number of fused-ring (bicyclic) bond motifs is 1. The van der Waals surface area contributed by atoms with Crippen LogP contribution < -0.4 is 4.74 Å². The van der Waals surface area contributed by atoms with Crippen LogP contribution in [0.5, 0.6) is 5.75 Å². The highest BCUT2D eigenvalue weighted by molar-refractivity contribution is 6.11. The maximum absolute atomic E-state index is 12.9. The SMILES string of the molecule is O=C(CN1C(=O)COc2ccccc2C1=O)c1ccc(F)cc1. The van der Waals surface area contributed by atoms with Crippen molar-refractivity contribution in [1.29, 1.82) is 0 Å². The van der Waals surface area contributed by atoms with Crippen LogP contribution in [-0.4, -0.2) is 35.6 Å². The molecular weight excluding hydrogens is 301 g/mol. The summed E-state index contributed by atoms with van der Waals surface area (Å²) in [6.07, 6.45) is 0. The van der Waals surface area contributed by atoms with Crippen LogP contribution in [-0.2, 0) is 4.79 Å². The summed E-state index contributed by atoms with van der Waals surface area (Å²) < 4.78 is 18.2. The molecule has 0 saturated heterocycles. The number of para-hydroxylation sites is 1. The molecule has 0 bridgehead atoms. The van der Waals surface area contributed by atoms with Gasteiger partial charge in [-0.05, 0) is 36.4 Å². The first-order valence-electron chi connectivity index (χ1n) is 6.91. The highest BCUT2D eigenvalue weighted by Gasteiger charge is 2.31. The number of carbonyl (C=O) groups excluding carboxylic acids is 3. The van der Waals surface area contributed by atoms with Gasteiger partial charge in [-0.25, -0.2) is 4.39 Å². The van der Waals surface area contributed by atoms with Crippen molar-refractivity contribution in [2.75, 3.05) is 13.2 Å². The van der Waals surface area contributed by atoms with E-state index in [0.717, 1.165) is 17.0 Å². The Balaban J connectivity index is 1.86. The fourth-order valence-corrected chi connectivity index (χ4v) is 2.28. The van der Waals surface area contributed by atoms with E-state index in [1.807, 2.05) is 0 Å². The minimum atomic E-state index is -0.596. The molecule has 6 heteroatoms.